The molecule has 0 amide bonds. The van der Waals surface area contributed by atoms with E-state index in [1.54, 1.807) is 7.11 Å². The highest BCUT2D eigenvalue weighted by molar-refractivity contribution is 5.26. The normalized spacial score (nSPS) is 20.2. The van der Waals surface area contributed by atoms with Crippen molar-refractivity contribution in [1.82, 2.24) is 5.32 Å². The van der Waals surface area contributed by atoms with Gasteiger partial charge in [0.15, 0.2) is 0 Å². The van der Waals surface area contributed by atoms with E-state index >= 15 is 0 Å². The molecule has 1 heterocycles. The third-order valence-corrected chi connectivity index (χ3v) is 3.16. The quantitative estimate of drug-likeness (QED) is 0.850. The van der Waals surface area contributed by atoms with Crippen molar-refractivity contribution < 1.29 is 9.47 Å². The molecule has 0 bridgehead atoms. The third-order valence-electron chi connectivity index (χ3n) is 3.16. The Hall–Kier alpha value is -1.06. The Balaban J connectivity index is 1.69. The van der Waals surface area contributed by atoms with Crippen LogP contribution >= 0.6 is 0 Å². The van der Waals surface area contributed by atoms with Crippen molar-refractivity contribution in [1.29, 1.82) is 0 Å². The van der Waals surface area contributed by atoms with Gasteiger partial charge < -0.3 is 14.8 Å². The Morgan fingerprint density at radius 3 is 2.71 bits per heavy atom. The van der Waals surface area contributed by atoms with Crippen molar-refractivity contribution in [3.63, 3.8) is 0 Å². The molecule has 0 saturated carbocycles. The Labute approximate surface area is 103 Å². The summed E-state index contributed by atoms with van der Waals surface area (Å²) >= 11 is 0. The summed E-state index contributed by atoms with van der Waals surface area (Å²) in [6.45, 7) is 2.63. The van der Waals surface area contributed by atoms with Crippen LogP contribution < -0.4 is 10.1 Å². The lowest BCUT2D eigenvalue weighted by molar-refractivity contribution is 0.0911. The predicted octanol–water partition coefficient (Wildman–Crippen LogP) is 2.35. The number of piperidine rings is 1. The minimum Gasteiger partial charge on any atom is -0.497 e. The lowest BCUT2D eigenvalue weighted by atomic mass is 10.1. The van der Waals surface area contributed by atoms with E-state index in [2.05, 4.69) is 5.32 Å². The van der Waals surface area contributed by atoms with Gasteiger partial charge >= 0.3 is 0 Å². The lowest BCUT2D eigenvalue weighted by Crippen LogP contribution is -2.37. The second kappa shape index (κ2) is 6.62. The van der Waals surface area contributed by atoms with Gasteiger partial charge in [-0.1, -0.05) is 18.6 Å². The van der Waals surface area contributed by atoms with Gasteiger partial charge in [-0.2, -0.15) is 0 Å². The Bertz CT molecular complexity index is 317. The summed E-state index contributed by atoms with van der Waals surface area (Å²) in [6.07, 6.45) is 3.86. The molecule has 1 unspecified atom stereocenters. The van der Waals surface area contributed by atoms with Crippen molar-refractivity contribution in [2.75, 3.05) is 20.3 Å². The van der Waals surface area contributed by atoms with Crippen LogP contribution in [0.4, 0.5) is 0 Å². The predicted molar refractivity (Wildman–Crippen MR) is 68.3 cm³/mol. The van der Waals surface area contributed by atoms with Gasteiger partial charge in [0.25, 0.3) is 0 Å². The molecule has 17 heavy (non-hydrogen) atoms. The highest BCUT2D eigenvalue weighted by Gasteiger charge is 2.11. The first-order valence-corrected chi connectivity index (χ1v) is 6.32. The summed E-state index contributed by atoms with van der Waals surface area (Å²) in [5.74, 6) is 0.891. The largest absolute Gasteiger partial charge is 0.497 e. The summed E-state index contributed by atoms with van der Waals surface area (Å²) in [5, 5.41) is 3.48. The number of rotatable bonds is 5. The summed E-state index contributed by atoms with van der Waals surface area (Å²) in [4.78, 5) is 0. The molecule has 1 saturated heterocycles. The van der Waals surface area contributed by atoms with Crippen LogP contribution in [0.15, 0.2) is 24.3 Å². The summed E-state index contributed by atoms with van der Waals surface area (Å²) in [6, 6.07) is 8.58. The maximum Gasteiger partial charge on any atom is 0.118 e. The fourth-order valence-electron chi connectivity index (χ4n) is 2.11. The minimum absolute atomic E-state index is 0.544. The number of ether oxygens (including phenoxy) is 2. The first-order chi connectivity index (χ1) is 8.38. The van der Waals surface area contributed by atoms with Crippen LogP contribution in [0.2, 0.25) is 0 Å². The molecule has 0 spiro atoms. The van der Waals surface area contributed by atoms with Gasteiger partial charge in [-0.15, -0.1) is 0 Å². The number of methoxy groups -OCH3 is 1. The second-order valence-corrected chi connectivity index (χ2v) is 4.51. The number of hydrogen-bond donors (Lipinski definition) is 1. The molecule has 1 N–H and O–H groups in total. The van der Waals surface area contributed by atoms with Crippen molar-refractivity contribution in [2.24, 2.45) is 0 Å². The summed E-state index contributed by atoms with van der Waals surface area (Å²) in [7, 11) is 1.68. The first kappa shape index (κ1) is 12.4. The van der Waals surface area contributed by atoms with E-state index in [-0.39, 0.29) is 0 Å². The van der Waals surface area contributed by atoms with Crippen LogP contribution in [0, 0.1) is 0 Å². The average Bonchev–Trinajstić information content (AvgIpc) is 2.41. The Kier molecular flexibility index (Phi) is 4.83. The molecular weight excluding hydrogens is 214 g/mol. The van der Waals surface area contributed by atoms with E-state index in [1.807, 2.05) is 24.3 Å². The van der Waals surface area contributed by atoms with E-state index in [4.69, 9.17) is 9.47 Å². The van der Waals surface area contributed by atoms with Crippen LogP contribution in [0.25, 0.3) is 0 Å². The van der Waals surface area contributed by atoms with Gasteiger partial charge in [0.2, 0.25) is 0 Å². The molecular formula is C14H21NO2. The van der Waals surface area contributed by atoms with Crippen LogP contribution in [-0.4, -0.2) is 26.3 Å². The molecule has 94 valence electrons. The summed E-state index contributed by atoms with van der Waals surface area (Å²) in [5.41, 5.74) is 1.20. The molecule has 1 aliphatic heterocycles. The van der Waals surface area contributed by atoms with Crippen LogP contribution in [0.1, 0.15) is 24.8 Å². The van der Waals surface area contributed by atoms with E-state index in [9.17, 15) is 0 Å². The molecule has 0 aromatic heterocycles. The molecule has 0 aliphatic carbocycles. The van der Waals surface area contributed by atoms with Crippen molar-refractivity contribution >= 4 is 0 Å². The van der Waals surface area contributed by atoms with Crippen LogP contribution in [-0.2, 0) is 11.3 Å². The maximum absolute atomic E-state index is 5.73. The van der Waals surface area contributed by atoms with Gasteiger partial charge in [-0.3, -0.25) is 0 Å². The molecule has 2 rings (SSSR count). The van der Waals surface area contributed by atoms with E-state index in [1.165, 1.54) is 24.8 Å². The number of benzene rings is 1. The van der Waals surface area contributed by atoms with Crippen molar-refractivity contribution in [2.45, 2.75) is 31.9 Å². The molecule has 3 nitrogen and oxygen atoms in total. The second-order valence-electron chi connectivity index (χ2n) is 4.51. The van der Waals surface area contributed by atoms with Gasteiger partial charge in [0.1, 0.15) is 5.75 Å². The first-order valence-electron chi connectivity index (χ1n) is 6.32. The summed E-state index contributed by atoms with van der Waals surface area (Å²) < 4.78 is 10.8. The van der Waals surface area contributed by atoms with Gasteiger partial charge in [-0.25, -0.2) is 0 Å². The smallest absolute Gasteiger partial charge is 0.118 e. The highest BCUT2D eigenvalue weighted by atomic mass is 16.5. The Morgan fingerprint density at radius 2 is 2.06 bits per heavy atom. The number of nitrogens with one attached hydrogen (secondary N) is 1. The molecule has 1 aromatic carbocycles. The minimum atomic E-state index is 0.544. The van der Waals surface area contributed by atoms with Crippen LogP contribution in [0.5, 0.6) is 5.75 Å². The fraction of sp³-hybridized carbons (Fsp3) is 0.571. The van der Waals surface area contributed by atoms with Gasteiger partial charge in [0.05, 0.1) is 20.3 Å². The van der Waals surface area contributed by atoms with E-state index in [0.29, 0.717) is 12.6 Å². The van der Waals surface area contributed by atoms with Crippen LogP contribution in [0.3, 0.4) is 0 Å². The highest BCUT2D eigenvalue weighted by Crippen LogP contribution is 2.13. The maximum atomic E-state index is 5.73. The zero-order chi connectivity index (χ0) is 11.9. The van der Waals surface area contributed by atoms with E-state index < -0.39 is 0 Å². The lowest BCUT2D eigenvalue weighted by Gasteiger charge is -2.23. The zero-order valence-electron chi connectivity index (χ0n) is 10.4. The van der Waals surface area contributed by atoms with E-state index in [0.717, 1.165) is 18.9 Å². The van der Waals surface area contributed by atoms with Gasteiger partial charge in [0, 0.05) is 6.04 Å². The zero-order valence-corrected chi connectivity index (χ0v) is 10.4. The SMILES string of the molecule is COc1ccc(COCC2CCCCN2)cc1. The molecule has 1 aromatic rings. The Morgan fingerprint density at radius 1 is 1.24 bits per heavy atom. The van der Waals surface area contributed by atoms with Gasteiger partial charge in [-0.05, 0) is 37.1 Å². The standard InChI is InChI=1S/C14H21NO2/c1-16-14-7-5-12(6-8-14)10-17-11-13-4-2-3-9-15-13/h5-8,13,15H,2-4,9-11H2,1H3. The molecule has 3 heteroatoms. The average molecular weight is 235 g/mol. The monoisotopic (exact) mass is 235 g/mol. The molecule has 1 aliphatic rings. The fourth-order valence-corrected chi connectivity index (χ4v) is 2.11. The number of hydrogen-bond acceptors (Lipinski definition) is 3. The van der Waals surface area contributed by atoms with Crippen molar-refractivity contribution in [3.05, 3.63) is 29.8 Å². The molecule has 1 fully saturated rings. The topological polar surface area (TPSA) is 30.5 Å². The van der Waals surface area contributed by atoms with Crippen molar-refractivity contribution in [3.8, 4) is 5.75 Å². The molecule has 0 radical (unpaired) electrons. The molecule has 1 atom stereocenters. The third kappa shape index (κ3) is 4.02.